The van der Waals surface area contributed by atoms with Crippen molar-refractivity contribution in [3.05, 3.63) is 115 Å². The molecular weight excluding hydrogens is 351 g/mol. The number of hydrogen-bond acceptors (Lipinski definition) is 1. The van der Waals surface area contributed by atoms with E-state index >= 15 is 0 Å². The van der Waals surface area contributed by atoms with Crippen LogP contribution in [0.4, 0.5) is 0 Å². The van der Waals surface area contributed by atoms with Crippen molar-refractivity contribution in [1.29, 1.82) is 0 Å². The fraction of sp³-hybridized carbons (Fsp3) is 0.0833. The number of benzene rings is 3. The molecule has 0 bridgehead atoms. The minimum atomic E-state index is -0.440. The first-order valence-corrected chi connectivity index (χ1v) is 11.3. The van der Waals surface area contributed by atoms with Crippen LogP contribution in [0.3, 0.4) is 0 Å². The van der Waals surface area contributed by atoms with Gasteiger partial charge in [-0.25, -0.2) is 0 Å². The molecule has 128 valence electrons. The SMILES string of the molecule is C1=CC(P(c2ccccc2)c2ccccc2)C(CSc2ccccc2)=C1. The topological polar surface area (TPSA) is 0 Å². The van der Waals surface area contributed by atoms with E-state index in [1.54, 1.807) is 0 Å². The number of hydrogen-bond donors (Lipinski definition) is 0. The first-order chi connectivity index (χ1) is 12.9. The van der Waals surface area contributed by atoms with Gasteiger partial charge in [0.2, 0.25) is 0 Å². The fourth-order valence-corrected chi connectivity index (χ4v) is 7.01. The van der Waals surface area contributed by atoms with Gasteiger partial charge in [-0.3, -0.25) is 0 Å². The first-order valence-electron chi connectivity index (χ1n) is 8.86. The molecule has 0 saturated carbocycles. The molecule has 1 aliphatic rings. The number of allylic oxidation sites excluding steroid dienone is 3. The van der Waals surface area contributed by atoms with Gasteiger partial charge < -0.3 is 0 Å². The van der Waals surface area contributed by atoms with Crippen molar-refractivity contribution < 1.29 is 0 Å². The summed E-state index contributed by atoms with van der Waals surface area (Å²) in [5.74, 6) is 1.04. The fourth-order valence-electron chi connectivity index (χ4n) is 3.22. The Morgan fingerprint density at radius 1 is 0.692 bits per heavy atom. The lowest BCUT2D eigenvalue weighted by molar-refractivity contribution is 1.26. The molecule has 1 unspecified atom stereocenters. The van der Waals surface area contributed by atoms with Crippen molar-refractivity contribution in [3.63, 3.8) is 0 Å². The summed E-state index contributed by atoms with van der Waals surface area (Å²) in [7, 11) is -0.440. The van der Waals surface area contributed by atoms with Gasteiger partial charge in [0.05, 0.1) is 0 Å². The van der Waals surface area contributed by atoms with Crippen molar-refractivity contribution >= 4 is 30.3 Å². The maximum Gasteiger partial charge on any atom is 0.0275 e. The molecule has 0 spiro atoms. The molecule has 4 rings (SSSR count). The second kappa shape index (κ2) is 8.54. The van der Waals surface area contributed by atoms with Gasteiger partial charge in [0.1, 0.15) is 0 Å². The Morgan fingerprint density at radius 2 is 1.23 bits per heavy atom. The molecule has 3 aromatic rings. The molecule has 0 N–H and O–H groups in total. The maximum absolute atomic E-state index is 2.40. The normalized spacial score (nSPS) is 16.0. The summed E-state index contributed by atoms with van der Waals surface area (Å²) in [4.78, 5) is 1.34. The summed E-state index contributed by atoms with van der Waals surface area (Å²) in [5, 5.41) is 2.89. The van der Waals surface area contributed by atoms with E-state index in [-0.39, 0.29) is 0 Å². The van der Waals surface area contributed by atoms with E-state index in [1.165, 1.54) is 21.1 Å². The van der Waals surface area contributed by atoms with E-state index in [0.717, 1.165) is 5.75 Å². The molecule has 0 amide bonds. The monoisotopic (exact) mass is 372 g/mol. The van der Waals surface area contributed by atoms with Gasteiger partial charge in [-0.1, -0.05) is 97.1 Å². The minimum Gasteiger partial charge on any atom is -0.122 e. The lowest BCUT2D eigenvalue weighted by Gasteiger charge is -2.27. The van der Waals surface area contributed by atoms with Crippen LogP contribution in [0.1, 0.15) is 0 Å². The highest BCUT2D eigenvalue weighted by Crippen LogP contribution is 2.46. The van der Waals surface area contributed by atoms with Crippen LogP contribution in [0.5, 0.6) is 0 Å². The summed E-state index contributed by atoms with van der Waals surface area (Å²) in [6.07, 6.45) is 6.96. The third-order valence-corrected chi connectivity index (χ3v) is 8.33. The minimum absolute atomic E-state index is 0.440. The van der Waals surface area contributed by atoms with E-state index in [9.17, 15) is 0 Å². The quantitative estimate of drug-likeness (QED) is 0.391. The van der Waals surface area contributed by atoms with Gasteiger partial charge in [0.15, 0.2) is 0 Å². The molecule has 1 aliphatic carbocycles. The van der Waals surface area contributed by atoms with Crippen LogP contribution >= 0.6 is 19.7 Å². The van der Waals surface area contributed by atoms with Crippen LogP contribution in [0.2, 0.25) is 0 Å². The van der Waals surface area contributed by atoms with E-state index < -0.39 is 7.92 Å². The highest BCUT2D eigenvalue weighted by molar-refractivity contribution is 7.99. The van der Waals surface area contributed by atoms with Gasteiger partial charge in [-0.05, 0) is 36.2 Å². The van der Waals surface area contributed by atoms with Crippen LogP contribution in [0, 0.1) is 0 Å². The molecule has 0 radical (unpaired) electrons. The van der Waals surface area contributed by atoms with Crippen molar-refractivity contribution in [2.75, 3.05) is 5.75 Å². The molecule has 2 heteroatoms. The maximum atomic E-state index is 2.40. The second-order valence-electron chi connectivity index (χ2n) is 6.21. The second-order valence-corrected chi connectivity index (χ2v) is 9.59. The van der Waals surface area contributed by atoms with Gasteiger partial charge in [0.25, 0.3) is 0 Å². The van der Waals surface area contributed by atoms with Gasteiger partial charge in [-0.15, -0.1) is 11.8 Å². The van der Waals surface area contributed by atoms with Crippen LogP contribution in [-0.4, -0.2) is 11.4 Å². The molecule has 0 heterocycles. The summed E-state index contributed by atoms with van der Waals surface area (Å²) in [5.41, 5.74) is 2.00. The summed E-state index contributed by atoms with van der Waals surface area (Å²) < 4.78 is 0. The molecule has 1 atom stereocenters. The zero-order chi connectivity index (χ0) is 17.6. The molecule has 3 aromatic carbocycles. The lowest BCUT2D eigenvalue weighted by Crippen LogP contribution is -2.21. The molecule has 0 nitrogen and oxygen atoms in total. The first kappa shape index (κ1) is 17.3. The standard InChI is InChI=1S/C24H21PS/c1-4-12-21(13-5-1)25(22-14-6-2-7-15-22)24-18-10-11-20(24)19-26-23-16-8-3-9-17-23/h1-18,24H,19H2. The zero-order valence-corrected chi connectivity index (χ0v) is 16.2. The van der Waals surface area contributed by atoms with E-state index in [1.807, 2.05) is 11.8 Å². The Labute approximate surface area is 161 Å². The van der Waals surface area contributed by atoms with Crippen molar-refractivity contribution in [1.82, 2.24) is 0 Å². The average Bonchev–Trinajstić information content (AvgIpc) is 3.17. The highest BCUT2D eigenvalue weighted by atomic mass is 32.2. The van der Waals surface area contributed by atoms with Gasteiger partial charge in [-0.2, -0.15) is 0 Å². The molecule has 0 aliphatic heterocycles. The van der Waals surface area contributed by atoms with Crippen molar-refractivity contribution in [2.45, 2.75) is 10.6 Å². The molecule has 0 saturated heterocycles. The number of rotatable bonds is 6. The van der Waals surface area contributed by atoms with Crippen LogP contribution in [-0.2, 0) is 0 Å². The molecular formula is C24H21PS. The molecule has 0 aromatic heterocycles. The smallest absolute Gasteiger partial charge is 0.0275 e. The Bertz CT molecular complexity index is 846. The molecule has 26 heavy (non-hydrogen) atoms. The third-order valence-electron chi connectivity index (χ3n) is 4.48. The van der Waals surface area contributed by atoms with E-state index in [0.29, 0.717) is 5.66 Å². The van der Waals surface area contributed by atoms with Gasteiger partial charge in [0, 0.05) is 16.3 Å². The third kappa shape index (κ3) is 4.01. The summed E-state index contributed by atoms with van der Waals surface area (Å²) in [6.45, 7) is 0. The highest BCUT2D eigenvalue weighted by Gasteiger charge is 2.27. The van der Waals surface area contributed by atoms with Gasteiger partial charge >= 0.3 is 0 Å². The van der Waals surface area contributed by atoms with Crippen LogP contribution in [0.25, 0.3) is 0 Å². The Hall–Kier alpha value is -2.08. The predicted octanol–water partition coefficient (Wildman–Crippen LogP) is 5.78. The van der Waals surface area contributed by atoms with Crippen molar-refractivity contribution in [3.8, 4) is 0 Å². The lowest BCUT2D eigenvalue weighted by atomic mass is 10.3. The predicted molar refractivity (Wildman–Crippen MR) is 117 cm³/mol. The average molecular weight is 372 g/mol. The zero-order valence-electron chi connectivity index (χ0n) is 14.5. The van der Waals surface area contributed by atoms with Crippen molar-refractivity contribution in [2.24, 2.45) is 0 Å². The number of thioether (sulfide) groups is 1. The van der Waals surface area contributed by atoms with E-state index in [2.05, 4.69) is 109 Å². The van der Waals surface area contributed by atoms with Crippen LogP contribution in [0.15, 0.2) is 120 Å². The Balaban J connectivity index is 1.61. The summed E-state index contributed by atoms with van der Waals surface area (Å²) in [6, 6.07) is 32.7. The van der Waals surface area contributed by atoms with E-state index in [4.69, 9.17) is 0 Å². The largest absolute Gasteiger partial charge is 0.122 e. The Morgan fingerprint density at radius 3 is 1.81 bits per heavy atom. The summed E-state index contributed by atoms with van der Waals surface area (Å²) >= 11 is 1.93. The Kier molecular flexibility index (Phi) is 5.69. The van der Waals surface area contributed by atoms with Crippen LogP contribution < -0.4 is 10.6 Å². The molecule has 0 fully saturated rings.